The van der Waals surface area contributed by atoms with Gasteiger partial charge in [-0.25, -0.2) is 0 Å². The van der Waals surface area contributed by atoms with Crippen molar-refractivity contribution in [2.45, 2.75) is 67.3 Å². The third-order valence-electron chi connectivity index (χ3n) is 2.46. The van der Waals surface area contributed by atoms with Crippen LogP contribution in [0.25, 0.3) is 0 Å². The van der Waals surface area contributed by atoms with Crippen LogP contribution in [0.3, 0.4) is 0 Å². The van der Waals surface area contributed by atoms with E-state index in [2.05, 4.69) is 0 Å². The van der Waals surface area contributed by atoms with Gasteiger partial charge in [0.15, 0.2) is 18.9 Å². The smallest absolute Gasteiger partial charge is 0.354 e. The minimum Gasteiger partial charge on any atom is -0.354 e. The highest BCUT2D eigenvalue weighted by Crippen LogP contribution is 2.20. The third kappa shape index (κ3) is 9.16. The van der Waals surface area contributed by atoms with E-state index in [1.165, 1.54) is 0 Å². The molecule has 0 heterocycles. The van der Waals surface area contributed by atoms with Gasteiger partial charge in [-0.3, -0.25) is 0 Å². The van der Waals surface area contributed by atoms with Gasteiger partial charge in [-0.05, 0) is 48.5 Å². The Bertz CT molecular complexity index is 232. The first kappa shape index (κ1) is 21.9. The minimum absolute atomic E-state index is 0.378. The van der Waals surface area contributed by atoms with Gasteiger partial charge < -0.3 is 31.9 Å². The summed E-state index contributed by atoms with van der Waals surface area (Å²) < 4.78 is 39.5. The Kier molecular flexibility index (Phi) is 12.3. The molecule has 0 radical (unpaired) electrons. The Hall–Kier alpha value is -0.0631. The predicted octanol–water partition coefficient (Wildman–Crippen LogP) is 2.66. The van der Waals surface area contributed by atoms with Gasteiger partial charge in [0.2, 0.25) is 0 Å². The van der Waals surface area contributed by atoms with E-state index in [0.29, 0.717) is 26.4 Å². The maximum atomic E-state index is 5.84. The molecule has 0 N–H and O–H groups in total. The van der Waals surface area contributed by atoms with Crippen molar-refractivity contribution < 1.29 is 31.9 Å². The molecular formula is C14H32O7Si. The second-order valence-corrected chi connectivity index (χ2v) is 6.35. The Labute approximate surface area is 135 Å². The van der Waals surface area contributed by atoms with Crippen LogP contribution in [-0.4, -0.2) is 54.3 Å². The van der Waals surface area contributed by atoms with E-state index in [4.69, 9.17) is 31.9 Å². The molecule has 0 rings (SSSR count). The lowest BCUT2D eigenvalue weighted by atomic mass is 10.7. The molecule has 3 atom stereocenters. The zero-order chi connectivity index (χ0) is 17.0. The molecule has 0 aromatic rings. The molecule has 7 nitrogen and oxygen atoms in total. The van der Waals surface area contributed by atoms with Crippen LogP contribution in [-0.2, 0) is 31.9 Å². The lowest BCUT2D eigenvalue weighted by molar-refractivity contribution is -0.208. The van der Waals surface area contributed by atoms with Crippen molar-refractivity contribution >= 4 is 9.05 Å². The molecule has 0 fully saturated rings. The molecule has 0 spiro atoms. The van der Waals surface area contributed by atoms with Gasteiger partial charge >= 0.3 is 9.05 Å². The van der Waals surface area contributed by atoms with Crippen LogP contribution in [0.4, 0.5) is 0 Å². The van der Waals surface area contributed by atoms with E-state index < -0.39 is 27.9 Å². The molecule has 0 aromatic heterocycles. The van der Waals surface area contributed by atoms with E-state index in [0.717, 1.165) is 0 Å². The Balaban J connectivity index is 5.05. The Morgan fingerprint density at radius 1 is 0.591 bits per heavy atom. The summed E-state index contributed by atoms with van der Waals surface area (Å²) in [6, 6.07) is 0. The van der Waals surface area contributed by atoms with Crippen molar-refractivity contribution in [1.29, 1.82) is 0 Å². The molecule has 0 aliphatic carbocycles. The summed E-state index contributed by atoms with van der Waals surface area (Å²) in [7, 11) is -3.47. The van der Waals surface area contributed by atoms with Crippen LogP contribution in [0.2, 0.25) is 0 Å². The molecular weight excluding hydrogens is 308 g/mol. The van der Waals surface area contributed by atoms with E-state index in [1.54, 1.807) is 20.8 Å². The Morgan fingerprint density at radius 2 is 0.909 bits per heavy atom. The summed E-state index contributed by atoms with van der Waals surface area (Å²) in [5.74, 6) is 0. The minimum atomic E-state index is -3.47. The van der Waals surface area contributed by atoms with Crippen LogP contribution >= 0.6 is 0 Å². The van der Waals surface area contributed by atoms with Crippen molar-refractivity contribution in [3.63, 3.8) is 0 Å². The summed E-state index contributed by atoms with van der Waals surface area (Å²) in [5.41, 5.74) is 0. The van der Waals surface area contributed by atoms with Crippen molar-refractivity contribution in [2.75, 3.05) is 26.4 Å². The van der Waals surface area contributed by atoms with Gasteiger partial charge in [-0.1, -0.05) is 0 Å². The molecule has 22 heavy (non-hydrogen) atoms. The first-order valence-electron chi connectivity index (χ1n) is 7.95. The molecule has 3 unspecified atom stereocenters. The van der Waals surface area contributed by atoms with Crippen LogP contribution in [0, 0.1) is 0 Å². The quantitative estimate of drug-likeness (QED) is 0.356. The molecule has 0 saturated carbocycles. The zero-order valence-corrected chi connectivity index (χ0v) is 15.9. The Morgan fingerprint density at radius 3 is 1.14 bits per heavy atom. The fourth-order valence-corrected chi connectivity index (χ4v) is 3.93. The largest absolute Gasteiger partial charge is 0.685 e. The highest BCUT2D eigenvalue weighted by atomic mass is 28.4. The topological polar surface area (TPSA) is 64.6 Å². The van der Waals surface area contributed by atoms with Crippen LogP contribution in [0.5, 0.6) is 0 Å². The molecule has 134 valence electrons. The van der Waals surface area contributed by atoms with Gasteiger partial charge in [-0.2, -0.15) is 0 Å². The highest BCUT2D eigenvalue weighted by Gasteiger charge is 2.50. The summed E-state index contributed by atoms with van der Waals surface area (Å²) >= 11 is 0. The number of rotatable bonds is 14. The number of hydrogen-bond acceptors (Lipinski definition) is 7. The average Bonchev–Trinajstić information content (AvgIpc) is 2.39. The molecule has 0 aliphatic rings. The van der Waals surface area contributed by atoms with E-state index in [-0.39, 0.29) is 0 Å². The lowest BCUT2D eigenvalue weighted by Gasteiger charge is -2.33. The fraction of sp³-hybridized carbons (Fsp3) is 1.00. The van der Waals surface area contributed by atoms with Crippen molar-refractivity contribution in [3.8, 4) is 0 Å². The highest BCUT2D eigenvalue weighted by molar-refractivity contribution is 6.53. The fourth-order valence-electron chi connectivity index (χ4n) is 1.78. The van der Waals surface area contributed by atoms with Crippen molar-refractivity contribution in [1.82, 2.24) is 0 Å². The van der Waals surface area contributed by atoms with Crippen LogP contribution in [0.1, 0.15) is 48.5 Å². The van der Waals surface area contributed by atoms with Crippen molar-refractivity contribution in [2.24, 2.45) is 0 Å². The molecule has 0 bridgehead atoms. The van der Waals surface area contributed by atoms with E-state index in [1.807, 2.05) is 27.7 Å². The number of hydrogen-bond donors (Lipinski definition) is 0. The molecule has 0 aliphatic heterocycles. The van der Waals surface area contributed by atoms with Gasteiger partial charge in [-0.15, -0.1) is 0 Å². The maximum Gasteiger partial charge on any atom is 0.685 e. The lowest BCUT2D eigenvalue weighted by Crippen LogP contribution is -2.55. The summed E-state index contributed by atoms with van der Waals surface area (Å²) in [5, 5.41) is 0. The standard InChI is InChI=1S/C14H32O7Si/c1-8-15-12(5)19-22(18-11-4,20-13(6)16-9-2)21-14(7)17-10-3/h12-14H,8-11H2,1-7H3. The third-order valence-corrected chi connectivity index (χ3v) is 4.96. The average molecular weight is 340 g/mol. The first-order valence-corrected chi connectivity index (χ1v) is 9.58. The summed E-state index contributed by atoms with van der Waals surface area (Å²) in [6.45, 7) is 14.7. The second kappa shape index (κ2) is 12.4. The predicted molar refractivity (Wildman–Crippen MR) is 83.9 cm³/mol. The first-order chi connectivity index (χ1) is 10.4. The van der Waals surface area contributed by atoms with Crippen LogP contribution in [0.15, 0.2) is 0 Å². The molecule has 0 amide bonds. The molecule has 8 heteroatoms. The van der Waals surface area contributed by atoms with Gasteiger partial charge in [0.05, 0.1) is 0 Å². The van der Waals surface area contributed by atoms with E-state index in [9.17, 15) is 0 Å². The summed E-state index contributed by atoms with van der Waals surface area (Å²) in [6.07, 6.45) is -1.57. The zero-order valence-electron chi connectivity index (χ0n) is 14.9. The molecule has 0 aromatic carbocycles. The maximum absolute atomic E-state index is 5.84. The summed E-state index contributed by atoms with van der Waals surface area (Å²) in [4.78, 5) is 0. The van der Waals surface area contributed by atoms with Gasteiger partial charge in [0.1, 0.15) is 0 Å². The number of ether oxygens (including phenoxy) is 3. The van der Waals surface area contributed by atoms with E-state index >= 15 is 0 Å². The SMILES string of the molecule is CCOC(C)O[Si](OCC)(OC(C)OCC)OC(C)OCC. The van der Waals surface area contributed by atoms with Crippen molar-refractivity contribution in [3.05, 3.63) is 0 Å². The normalized spacial score (nSPS) is 18.7. The van der Waals surface area contributed by atoms with Gasteiger partial charge in [0, 0.05) is 26.4 Å². The van der Waals surface area contributed by atoms with Crippen LogP contribution < -0.4 is 0 Å². The monoisotopic (exact) mass is 340 g/mol. The van der Waals surface area contributed by atoms with Gasteiger partial charge in [0.25, 0.3) is 0 Å². The second-order valence-electron chi connectivity index (χ2n) is 4.36. The molecule has 0 saturated heterocycles.